The number of rotatable bonds is 7. The van der Waals surface area contributed by atoms with E-state index in [9.17, 15) is 9.59 Å². The van der Waals surface area contributed by atoms with E-state index in [1.54, 1.807) is 6.07 Å². The Balaban J connectivity index is 1.36. The molecule has 148 valence electrons. The average Bonchev–Trinajstić information content (AvgIpc) is 3.41. The number of hydrogen-bond acceptors (Lipinski definition) is 7. The summed E-state index contributed by atoms with van der Waals surface area (Å²) in [7, 11) is 0. The molecule has 1 aromatic carbocycles. The number of aromatic nitrogens is 3. The topological polar surface area (TPSA) is 106 Å². The van der Waals surface area contributed by atoms with Gasteiger partial charge in [0.2, 0.25) is 0 Å². The second-order valence-corrected chi connectivity index (χ2v) is 7.10. The first kappa shape index (κ1) is 18.4. The van der Waals surface area contributed by atoms with Crippen LogP contribution in [-0.4, -0.2) is 51.7 Å². The van der Waals surface area contributed by atoms with Gasteiger partial charge in [0, 0.05) is 6.54 Å². The van der Waals surface area contributed by atoms with Gasteiger partial charge < -0.3 is 19.2 Å². The zero-order valence-electron chi connectivity index (χ0n) is 15.8. The number of nitrogens with one attached hydrogen (secondary N) is 1. The standard InChI is InChI=1S/C19H23N5O4/c1-13-5-6-15-14(11-13)24(19(26)27-15)12-16-21-18(28-22-16)17(25)20-7-4-10-23-8-2-3-9-23/h5-6,11H,2-4,7-10,12H2,1H3,(H,20,25). The Bertz CT molecular complexity index is 1030. The third-order valence-corrected chi connectivity index (χ3v) is 4.92. The van der Waals surface area contributed by atoms with Crippen molar-refractivity contribution in [3.63, 3.8) is 0 Å². The molecule has 0 spiro atoms. The summed E-state index contributed by atoms with van der Waals surface area (Å²) in [5.74, 6) is -0.763. The van der Waals surface area contributed by atoms with Crippen molar-refractivity contribution in [2.24, 2.45) is 0 Å². The number of carbonyl (C=O) groups is 1. The van der Waals surface area contributed by atoms with Gasteiger partial charge in [-0.2, -0.15) is 4.98 Å². The van der Waals surface area contributed by atoms with Gasteiger partial charge in [-0.1, -0.05) is 11.2 Å². The predicted molar refractivity (Wildman–Crippen MR) is 101 cm³/mol. The van der Waals surface area contributed by atoms with Gasteiger partial charge >= 0.3 is 17.6 Å². The lowest BCUT2D eigenvalue weighted by molar-refractivity contribution is 0.0908. The van der Waals surface area contributed by atoms with Crippen molar-refractivity contribution in [2.75, 3.05) is 26.2 Å². The zero-order valence-corrected chi connectivity index (χ0v) is 15.8. The molecule has 1 aliphatic rings. The number of amides is 1. The third kappa shape index (κ3) is 3.99. The molecule has 9 heteroatoms. The van der Waals surface area contributed by atoms with Gasteiger partial charge in [0.1, 0.15) is 0 Å². The molecule has 0 saturated carbocycles. The molecule has 3 aromatic rings. The summed E-state index contributed by atoms with van der Waals surface area (Å²) in [6, 6.07) is 5.48. The van der Waals surface area contributed by atoms with Gasteiger partial charge in [0.15, 0.2) is 11.4 Å². The molecule has 28 heavy (non-hydrogen) atoms. The van der Waals surface area contributed by atoms with E-state index in [1.807, 2.05) is 19.1 Å². The summed E-state index contributed by atoms with van der Waals surface area (Å²) in [6.07, 6.45) is 3.39. The predicted octanol–water partition coefficient (Wildman–Crippen LogP) is 1.55. The minimum atomic E-state index is -0.502. The van der Waals surface area contributed by atoms with Crippen LogP contribution in [0.15, 0.2) is 31.9 Å². The van der Waals surface area contributed by atoms with Crippen molar-refractivity contribution in [3.8, 4) is 0 Å². The normalized spacial score (nSPS) is 14.8. The first-order valence-electron chi connectivity index (χ1n) is 9.53. The van der Waals surface area contributed by atoms with Crippen LogP contribution >= 0.6 is 0 Å². The van der Waals surface area contributed by atoms with E-state index in [2.05, 4.69) is 20.4 Å². The summed E-state index contributed by atoms with van der Waals surface area (Å²) in [5, 5.41) is 6.61. The zero-order chi connectivity index (χ0) is 19.5. The fourth-order valence-corrected chi connectivity index (χ4v) is 3.46. The number of likely N-dealkylation sites (tertiary alicyclic amines) is 1. The summed E-state index contributed by atoms with van der Waals surface area (Å²) in [6.45, 7) is 5.82. The number of nitrogens with zero attached hydrogens (tertiary/aromatic N) is 4. The highest BCUT2D eigenvalue weighted by Gasteiger charge is 2.18. The van der Waals surface area contributed by atoms with Crippen LogP contribution in [0.5, 0.6) is 0 Å². The van der Waals surface area contributed by atoms with Crippen molar-refractivity contribution < 1.29 is 13.7 Å². The molecule has 1 amide bonds. The van der Waals surface area contributed by atoms with Crippen molar-refractivity contribution in [1.82, 2.24) is 24.9 Å². The fraction of sp³-hybridized carbons (Fsp3) is 0.474. The Morgan fingerprint density at radius 1 is 1.29 bits per heavy atom. The first-order chi connectivity index (χ1) is 13.6. The number of benzene rings is 1. The van der Waals surface area contributed by atoms with Crippen molar-refractivity contribution >= 4 is 17.0 Å². The smallest absolute Gasteiger partial charge is 0.408 e. The maximum absolute atomic E-state index is 12.2. The monoisotopic (exact) mass is 385 g/mol. The Labute approximate surface area is 161 Å². The van der Waals surface area contributed by atoms with Crippen LogP contribution in [-0.2, 0) is 6.54 Å². The Kier molecular flexibility index (Phi) is 5.25. The molecule has 1 saturated heterocycles. The van der Waals surface area contributed by atoms with Crippen LogP contribution in [0.2, 0.25) is 0 Å². The summed E-state index contributed by atoms with van der Waals surface area (Å²) in [4.78, 5) is 30.8. The lowest BCUT2D eigenvalue weighted by Gasteiger charge is -2.13. The molecule has 4 rings (SSSR count). The number of hydrogen-bond donors (Lipinski definition) is 1. The fourth-order valence-electron chi connectivity index (χ4n) is 3.46. The van der Waals surface area contributed by atoms with Crippen molar-refractivity contribution in [2.45, 2.75) is 32.7 Å². The molecule has 3 heterocycles. The molecule has 9 nitrogen and oxygen atoms in total. The van der Waals surface area contributed by atoms with Crippen LogP contribution in [0.3, 0.4) is 0 Å². The molecular formula is C19H23N5O4. The van der Waals surface area contributed by atoms with Gasteiger partial charge in [-0.05, 0) is 63.5 Å². The molecule has 1 aliphatic heterocycles. The minimum Gasteiger partial charge on any atom is -0.408 e. The molecule has 0 aliphatic carbocycles. The highest BCUT2D eigenvalue weighted by Crippen LogP contribution is 2.15. The van der Waals surface area contributed by atoms with Crippen LogP contribution < -0.4 is 11.1 Å². The summed E-state index contributed by atoms with van der Waals surface area (Å²) >= 11 is 0. The minimum absolute atomic E-state index is 0.0705. The summed E-state index contributed by atoms with van der Waals surface area (Å²) in [5.41, 5.74) is 2.15. The van der Waals surface area contributed by atoms with Gasteiger partial charge in [0.25, 0.3) is 0 Å². The first-order valence-corrected chi connectivity index (χ1v) is 9.53. The highest BCUT2D eigenvalue weighted by atomic mass is 16.5. The van der Waals surface area contributed by atoms with Crippen molar-refractivity contribution in [1.29, 1.82) is 0 Å². The Morgan fingerprint density at radius 2 is 2.11 bits per heavy atom. The van der Waals surface area contributed by atoms with Crippen LogP contribution in [0.25, 0.3) is 11.1 Å². The second-order valence-electron chi connectivity index (χ2n) is 7.10. The maximum Gasteiger partial charge on any atom is 0.420 e. The molecule has 2 aromatic heterocycles. The molecular weight excluding hydrogens is 362 g/mol. The quantitative estimate of drug-likeness (QED) is 0.615. The van der Waals surface area contributed by atoms with Crippen LogP contribution in [0.4, 0.5) is 0 Å². The maximum atomic E-state index is 12.2. The molecule has 0 atom stereocenters. The molecule has 0 radical (unpaired) electrons. The lowest BCUT2D eigenvalue weighted by atomic mass is 10.2. The number of oxazole rings is 1. The molecule has 1 N–H and O–H groups in total. The Morgan fingerprint density at radius 3 is 2.93 bits per heavy atom. The number of fused-ring (bicyclic) bond motifs is 1. The summed E-state index contributed by atoms with van der Waals surface area (Å²) < 4.78 is 11.7. The average molecular weight is 385 g/mol. The second kappa shape index (κ2) is 7.97. The van der Waals surface area contributed by atoms with E-state index in [4.69, 9.17) is 8.94 Å². The van der Waals surface area contributed by atoms with E-state index in [1.165, 1.54) is 17.4 Å². The number of carbonyl (C=O) groups excluding carboxylic acids is 1. The Hall–Kier alpha value is -2.94. The van der Waals surface area contributed by atoms with E-state index in [0.29, 0.717) is 17.6 Å². The number of aryl methyl sites for hydroxylation is 1. The third-order valence-electron chi connectivity index (χ3n) is 4.92. The largest absolute Gasteiger partial charge is 0.420 e. The van der Waals surface area contributed by atoms with Gasteiger partial charge in [-0.3, -0.25) is 9.36 Å². The molecule has 0 bridgehead atoms. The SMILES string of the molecule is Cc1ccc2oc(=O)n(Cc3noc(C(=O)NCCCN4CCCC4)n3)c2c1. The van der Waals surface area contributed by atoms with Crippen LogP contribution in [0, 0.1) is 6.92 Å². The highest BCUT2D eigenvalue weighted by molar-refractivity contribution is 5.89. The van der Waals surface area contributed by atoms with E-state index in [0.717, 1.165) is 31.6 Å². The lowest BCUT2D eigenvalue weighted by Crippen LogP contribution is -2.28. The van der Waals surface area contributed by atoms with Crippen LogP contribution in [0.1, 0.15) is 41.3 Å². The van der Waals surface area contributed by atoms with Gasteiger partial charge in [-0.15, -0.1) is 0 Å². The molecule has 1 fully saturated rings. The molecule has 0 unspecified atom stereocenters. The van der Waals surface area contributed by atoms with Gasteiger partial charge in [-0.25, -0.2) is 4.79 Å². The van der Waals surface area contributed by atoms with Gasteiger partial charge in [0.05, 0.1) is 12.1 Å². The van der Waals surface area contributed by atoms with Crippen molar-refractivity contribution in [3.05, 3.63) is 46.0 Å². The van der Waals surface area contributed by atoms with E-state index >= 15 is 0 Å². The van der Waals surface area contributed by atoms with E-state index in [-0.39, 0.29) is 18.3 Å². The van der Waals surface area contributed by atoms with E-state index < -0.39 is 11.7 Å².